The third kappa shape index (κ3) is 4.83. The number of Topliss-reactive ketones (excluding diaryl/α,β-unsaturated/α-hetero) is 1. The number of aromatic nitrogens is 4. The lowest BCUT2D eigenvalue weighted by atomic mass is 10.0. The number of imidazole rings is 1. The second kappa shape index (κ2) is 9.13. The van der Waals surface area contributed by atoms with Crippen molar-refractivity contribution in [1.29, 1.82) is 0 Å². The molecule has 35 heavy (non-hydrogen) atoms. The molecule has 3 N–H and O–H groups in total. The number of nitrogens with zero attached hydrogens (tertiary/aromatic N) is 4. The first kappa shape index (κ1) is 23.6. The third-order valence-corrected chi connectivity index (χ3v) is 7.13. The number of furan rings is 1. The van der Waals surface area contributed by atoms with E-state index in [0.29, 0.717) is 23.4 Å². The number of carbonyl (C=O) groups excluding carboxylic acids is 1. The van der Waals surface area contributed by atoms with E-state index in [1.807, 2.05) is 25.1 Å². The minimum atomic E-state index is 0.0498. The Kier molecular flexibility index (Phi) is 6.14. The smallest absolute Gasteiger partial charge is 0.175 e. The average molecular weight is 491 g/mol. The summed E-state index contributed by atoms with van der Waals surface area (Å²) in [6.07, 6.45) is 3.68. The van der Waals surface area contributed by atoms with E-state index in [4.69, 9.17) is 15.1 Å². The zero-order valence-electron chi connectivity index (χ0n) is 20.5. The standard InChI is InChI=1S/C26H30N6O2S/c1-15-6-9-20(34-15)18-12-16-7-8-19(33)17(16)13-21(18)35-25-31-22-23(27)28-14-29-24(22)32(25)11-5-10-30-26(2,3)4/h6,9,12-14,30H,5,7-8,10-11H2,1-4H3,(H2,27,28,29). The van der Waals surface area contributed by atoms with Crippen LogP contribution in [-0.2, 0) is 13.0 Å². The van der Waals surface area contributed by atoms with Crippen LogP contribution < -0.4 is 11.1 Å². The Morgan fingerprint density at radius 2 is 2.00 bits per heavy atom. The monoisotopic (exact) mass is 490 g/mol. The molecule has 1 aromatic carbocycles. The summed E-state index contributed by atoms with van der Waals surface area (Å²) in [6, 6.07) is 8.01. The second-order valence-electron chi connectivity index (χ2n) is 9.95. The van der Waals surface area contributed by atoms with Gasteiger partial charge in [-0.1, -0.05) is 11.8 Å². The maximum atomic E-state index is 12.5. The molecule has 0 bridgehead atoms. The van der Waals surface area contributed by atoms with Gasteiger partial charge >= 0.3 is 0 Å². The van der Waals surface area contributed by atoms with Crippen LogP contribution in [0, 0.1) is 6.92 Å². The predicted octanol–water partition coefficient (Wildman–Crippen LogP) is 5.04. The van der Waals surface area contributed by atoms with Crippen molar-refractivity contribution >= 4 is 34.5 Å². The average Bonchev–Trinajstić information content (AvgIpc) is 3.49. The van der Waals surface area contributed by atoms with Gasteiger partial charge in [0.05, 0.1) is 0 Å². The van der Waals surface area contributed by atoms with E-state index >= 15 is 0 Å². The Bertz CT molecular complexity index is 1420. The largest absolute Gasteiger partial charge is 0.461 e. The lowest BCUT2D eigenvalue weighted by molar-refractivity contribution is 0.0994. The van der Waals surface area contributed by atoms with Crippen LogP contribution in [0.1, 0.15) is 55.3 Å². The van der Waals surface area contributed by atoms with Gasteiger partial charge in [-0.3, -0.25) is 4.79 Å². The van der Waals surface area contributed by atoms with Gasteiger partial charge in [-0.15, -0.1) is 0 Å². The summed E-state index contributed by atoms with van der Waals surface area (Å²) < 4.78 is 8.07. The summed E-state index contributed by atoms with van der Waals surface area (Å²) in [6.45, 7) is 9.97. The minimum absolute atomic E-state index is 0.0498. The Morgan fingerprint density at radius 1 is 1.17 bits per heavy atom. The van der Waals surface area contributed by atoms with Gasteiger partial charge in [0.2, 0.25) is 0 Å². The summed E-state index contributed by atoms with van der Waals surface area (Å²) in [7, 11) is 0. The molecule has 0 saturated carbocycles. The van der Waals surface area contributed by atoms with Crippen LogP contribution in [0.5, 0.6) is 0 Å². The first-order valence-corrected chi connectivity index (χ1v) is 12.7. The van der Waals surface area contributed by atoms with E-state index in [1.165, 1.54) is 18.1 Å². The summed E-state index contributed by atoms with van der Waals surface area (Å²) in [5.41, 5.74) is 10.3. The van der Waals surface area contributed by atoms with E-state index in [9.17, 15) is 4.79 Å². The topological polar surface area (TPSA) is 112 Å². The number of aryl methyl sites for hydroxylation is 3. The third-order valence-electron chi connectivity index (χ3n) is 6.07. The molecule has 0 amide bonds. The first-order chi connectivity index (χ1) is 16.7. The highest BCUT2D eigenvalue weighted by Crippen LogP contribution is 2.41. The van der Waals surface area contributed by atoms with E-state index in [-0.39, 0.29) is 11.3 Å². The van der Waals surface area contributed by atoms with Crippen LogP contribution in [0.2, 0.25) is 0 Å². The maximum Gasteiger partial charge on any atom is 0.175 e. The van der Waals surface area contributed by atoms with Gasteiger partial charge in [0.1, 0.15) is 17.8 Å². The molecule has 1 aliphatic carbocycles. The first-order valence-electron chi connectivity index (χ1n) is 11.9. The van der Waals surface area contributed by atoms with Crippen LogP contribution in [0.4, 0.5) is 5.82 Å². The molecule has 0 spiro atoms. The molecule has 0 saturated heterocycles. The molecule has 0 radical (unpaired) electrons. The van der Waals surface area contributed by atoms with Gasteiger partial charge in [0, 0.05) is 34.5 Å². The molecule has 5 rings (SSSR count). The van der Waals surface area contributed by atoms with E-state index < -0.39 is 0 Å². The number of anilines is 1. The van der Waals surface area contributed by atoms with Crippen LogP contribution >= 0.6 is 11.8 Å². The summed E-state index contributed by atoms with van der Waals surface area (Å²) in [4.78, 5) is 26.9. The fourth-order valence-corrected chi connectivity index (χ4v) is 5.41. The molecular weight excluding hydrogens is 460 g/mol. The molecule has 0 fully saturated rings. The van der Waals surface area contributed by atoms with Gasteiger partial charge in [-0.05, 0) is 76.9 Å². The molecule has 182 valence electrons. The molecule has 0 unspecified atom stereocenters. The minimum Gasteiger partial charge on any atom is -0.461 e. The van der Waals surface area contributed by atoms with Crippen LogP contribution in [-0.4, -0.2) is 37.4 Å². The number of carbonyl (C=O) groups is 1. The Balaban J connectivity index is 1.55. The van der Waals surface area contributed by atoms with Gasteiger partial charge in [-0.2, -0.15) is 0 Å². The normalized spacial score (nSPS) is 13.7. The van der Waals surface area contributed by atoms with Gasteiger partial charge in [0.15, 0.2) is 27.9 Å². The zero-order valence-corrected chi connectivity index (χ0v) is 21.3. The van der Waals surface area contributed by atoms with E-state index in [2.05, 4.69) is 46.7 Å². The number of nitrogen functional groups attached to an aromatic ring is 1. The molecule has 0 aliphatic heterocycles. The van der Waals surface area contributed by atoms with Crippen molar-refractivity contribution in [1.82, 2.24) is 24.8 Å². The summed E-state index contributed by atoms with van der Waals surface area (Å²) >= 11 is 1.51. The number of nitrogens with two attached hydrogens (primary N) is 1. The number of nitrogens with one attached hydrogen (secondary N) is 1. The number of hydrogen-bond donors (Lipinski definition) is 2. The highest BCUT2D eigenvalue weighted by atomic mass is 32.2. The van der Waals surface area contributed by atoms with Crippen molar-refractivity contribution in [3.63, 3.8) is 0 Å². The fourth-order valence-electron chi connectivity index (χ4n) is 4.34. The fraction of sp³-hybridized carbons (Fsp3) is 0.385. The van der Waals surface area contributed by atoms with Crippen molar-refractivity contribution in [3.05, 3.63) is 47.5 Å². The number of rotatable bonds is 7. The molecule has 3 heterocycles. The number of ketones is 1. The predicted molar refractivity (Wildman–Crippen MR) is 138 cm³/mol. The van der Waals surface area contributed by atoms with Crippen molar-refractivity contribution < 1.29 is 9.21 Å². The molecular formula is C26H30N6O2S. The lowest BCUT2D eigenvalue weighted by Gasteiger charge is -2.20. The molecule has 0 atom stereocenters. The number of fused-ring (bicyclic) bond motifs is 2. The molecule has 4 aromatic rings. The molecule has 9 heteroatoms. The molecule has 3 aromatic heterocycles. The van der Waals surface area contributed by atoms with Gasteiger partial charge in [-0.25, -0.2) is 15.0 Å². The Hall–Kier alpha value is -3.17. The summed E-state index contributed by atoms with van der Waals surface area (Å²) in [5, 5.41) is 4.29. The Labute approximate surface area is 208 Å². The van der Waals surface area contributed by atoms with Crippen molar-refractivity contribution in [2.45, 2.75) is 69.1 Å². The number of benzene rings is 1. The van der Waals surface area contributed by atoms with Crippen LogP contribution in [0.15, 0.2) is 45.1 Å². The number of hydrogen-bond acceptors (Lipinski definition) is 8. The second-order valence-corrected chi connectivity index (χ2v) is 11.0. The summed E-state index contributed by atoms with van der Waals surface area (Å²) in [5.74, 6) is 2.16. The van der Waals surface area contributed by atoms with Crippen LogP contribution in [0.25, 0.3) is 22.5 Å². The van der Waals surface area contributed by atoms with Crippen molar-refractivity contribution in [2.75, 3.05) is 12.3 Å². The highest BCUT2D eigenvalue weighted by Gasteiger charge is 2.25. The highest BCUT2D eigenvalue weighted by molar-refractivity contribution is 7.99. The maximum absolute atomic E-state index is 12.5. The van der Waals surface area contributed by atoms with Gasteiger partial charge in [0.25, 0.3) is 0 Å². The van der Waals surface area contributed by atoms with E-state index in [1.54, 1.807) is 0 Å². The Morgan fingerprint density at radius 3 is 2.74 bits per heavy atom. The molecule has 1 aliphatic rings. The molecule has 8 nitrogen and oxygen atoms in total. The zero-order chi connectivity index (χ0) is 24.7. The SMILES string of the molecule is Cc1ccc(-c2cc3c(cc2Sc2nc4c(N)ncnc4n2CCCNC(C)(C)C)C(=O)CC3)o1. The van der Waals surface area contributed by atoms with Crippen LogP contribution in [0.3, 0.4) is 0 Å². The van der Waals surface area contributed by atoms with Crippen molar-refractivity contribution in [3.8, 4) is 11.3 Å². The van der Waals surface area contributed by atoms with E-state index in [0.717, 1.165) is 64.2 Å². The quantitative estimate of drug-likeness (QED) is 0.347. The lowest BCUT2D eigenvalue weighted by Crippen LogP contribution is -2.36. The van der Waals surface area contributed by atoms with Gasteiger partial charge < -0.3 is 20.0 Å². The van der Waals surface area contributed by atoms with Crippen molar-refractivity contribution in [2.24, 2.45) is 0 Å².